The standard InChI is InChI=1S/C20H24FN5O4/c1-11-6-13(4-5-16(11)21)22-20(29)25-9-15-17(7-12(25)2)23-26-8-14(10-27)30-24(3)19(28)18(15)26/h4-6,12,14,27H,7-10H2,1-3H3,(H,22,29). The van der Waals surface area contributed by atoms with Crippen molar-refractivity contribution >= 4 is 17.6 Å². The molecule has 2 unspecified atom stereocenters. The molecule has 2 atom stereocenters. The van der Waals surface area contributed by atoms with E-state index in [4.69, 9.17) is 4.84 Å². The second-order valence-corrected chi connectivity index (χ2v) is 7.74. The van der Waals surface area contributed by atoms with Crippen molar-refractivity contribution in [2.45, 2.75) is 45.5 Å². The normalized spacial score (nSPS) is 21.2. The largest absolute Gasteiger partial charge is 0.393 e. The summed E-state index contributed by atoms with van der Waals surface area (Å²) in [5, 5.41) is 18.0. The minimum atomic E-state index is -0.583. The van der Waals surface area contributed by atoms with Crippen molar-refractivity contribution in [3.8, 4) is 0 Å². The van der Waals surface area contributed by atoms with E-state index in [9.17, 15) is 19.1 Å². The number of amides is 3. The zero-order valence-corrected chi connectivity index (χ0v) is 17.1. The molecule has 3 heterocycles. The number of hydroxylamine groups is 2. The van der Waals surface area contributed by atoms with E-state index in [1.165, 1.54) is 19.2 Å². The lowest BCUT2D eigenvalue weighted by Gasteiger charge is -2.33. The average molecular weight is 417 g/mol. The molecule has 4 rings (SSSR count). The summed E-state index contributed by atoms with van der Waals surface area (Å²) in [7, 11) is 1.49. The summed E-state index contributed by atoms with van der Waals surface area (Å²) >= 11 is 0. The van der Waals surface area contributed by atoms with Crippen LogP contribution in [-0.2, 0) is 24.3 Å². The summed E-state index contributed by atoms with van der Waals surface area (Å²) in [6.45, 7) is 3.75. The number of benzene rings is 1. The summed E-state index contributed by atoms with van der Waals surface area (Å²) in [5.41, 5.74) is 2.75. The van der Waals surface area contributed by atoms with Gasteiger partial charge in [0.25, 0.3) is 5.91 Å². The molecule has 3 amide bonds. The number of carbonyl (C=O) groups is 2. The zero-order valence-electron chi connectivity index (χ0n) is 17.1. The number of fused-ring (bicyclic) bond motifs is 3. The van der Waals surface area contributed by atoms with Gasteiger partial charge in [0.05, 0.1) is 25.4 Å². The summed E-state index contributed by atoms with van der Waals surface area (Å²) in [4.78, 5) is 32.9. The van der Waals surface area contributed by atoms with Crippen molar-refractivity contribution in [1.82, 2.24) is 19.7 Å². The van der Waals surface area contributed by atoms with Gasteiger partial charge in [0.2, 0.25) is 0 Å². The number of aliphatic hydroxyl groups excluding tert-OH is 1. The van der Waals surface area contributed by atoms with Gasteiger partial charge in [-0.25, -0.2) is 14.2 Å². The fourth-order valence-corrected chi connectivity index (χ4v) is 3.89. The van der Waals surface area contributed by atoms with Gasteiger partial charge in [-0.3, -0.25) is 14.3 Å². The fourth-order valence-electron chi connectivity index (χ4n) is 3.89. The topological polar surface area (TPSA) is 99.9 Å². The number of hydrogen-bond donors (Lipinski definition) is 2. The van der Waals surface area contributed by atoms with E-state index in [-0.39, 0.29) is 43.5 Å². The minimum Gasteiger partial charge on any atom is -0.393 e. The van der Waals surface area contributed by atoms with Gasteiger partial charge in [-0.2, -0.15) is 5.10 Å². The number of nitrogens with one attached hydrogen (secondary N) is 1. The number of halogens is 1. The molecule has 0 saturated heterocycles. The van der Waals surface area contributed by atoms with Gasteiger partial charge in [0, 0.05) is 30.8 Å². The molecule has 0 radical (unpaired) electrons. The van der Waals surface area contributed by atoms with E-state index in [1.807, 2.05) is 6.92 Å². The lowest BCUT2D eigenvalue weighted by molar-refractivity contribution is -0.159. The van der Waals surface area contributed by atoms with Crippen molar-refractivity contribution in [3.63, 3.8) is 0 Å². The second-order valence-electron chi connectivity index (χ2n) is 7.74. The molecule has 30 heavy (non-hydrogen) atoms. The molecule has 0 aliphatic carbocycles. The van der Waals surface area contributed by atoms with Crippen LogP contribution in [0, 0.1) is 12.7 Å². The van der Waals surface area contributed by atoms with Crippen molar-refractivity contribution in [2.75, 3.05) is 19.0 Å². The summed E-state index contributed by atoms with van der Waals surface area (Å²) in [5.74, 6) is -0.707. The van der Waals surface area contributed by atoms with Crippen molar-refractivity contribution < 1.29 is 23.9 Å². The van der Waals surface area contributed by atoms with Gasteiger partial charge >= 0.3 is 6.03 Å². The van der Waals surface area contributed by atoms with Gasteiger partial charge in [0.15, 0.2) is 0 Å². The first-order valence-electron chi connectivity index (χ1n) is 9.76. The molecular formula is C20H24FN5O4. The third kappa shape index (κ3) is 3.52. The maximum Gasteiger partial charge on any atom is 0.322 e. The number of urea groups is 1. The van der Waals surface area contributed by atoms with Gasteiger partial charge in [-0.05, 0) is 37.6 Å². The van der Waals surface area contributed by atoms with Crippen LogP contribution < -0.4 is 5.32 Å². The number of rotatable bonds is 2. The molecule has 9 nitrogen and oxygen atoms in total. The molecular weight excluding hydrogens is 393 g/mol. The van der Waals surface area contributed by atoms with E-state index < -0.39 is 6.10 Å². The molecule has 1 aromatic carbocycles. The Labute approximate surface area is 173 Å². The van der Waals surface area contributed by atoms with Crippen LogP contribution >= 0.6 is 0 Å². The number of hydrogen-bond acceptors (Lipinski definition) is 5. The van der Waals surface area contributed by atoms with Crippen LogP contribution in [0.25, 0.3) is 0 Å². The molecule has 2 aliphatic heterocycles. The molecule has 0 fully saturated rings. The Hall–Kier alpha value is -2.98. The second kappa shape index (κ2) is 7.69. The molecule has 2 aliphatic rings. The van der Waals surface area contributed by atoms with E-state index in [0.29, 0.717) is 28.9 Å². The van der Waals surface area contributed by atoms with Crippen LogP contribution in [0.5, 0.6) is 0 Å². The number of carbonyl (C=O) groups excluding carboxylic acids is 2. The predicted octanol–water partition coefficient (Wildman–Crippen LogP) is 1.69. The monoisotopic (exact) mass is 417 g/mol. The lowest BCUT2D eigenvalue weighted by atomic mass is 9.99. The highest BCUT2D eigenvalue weighted by Crippen LogP contribution is 2.29. The van der Waals surface area contributed by atoms with Crippen LogP contribution in [0.2, 0.25) is 0 Å². The Morgan fingerprint density at radius 3 is 2.90 bits per heavy atom. The van der Waals surface area contributed by atoms with Crippen molar-refractivity contribution in [1.29, 1.82) is 0 Å². The van der Waals surface area contributed by atoms with Crippen LogP contribution in [0.1, 0.15) is 34.2 Å². The molecule has 2 N–H and O–H groups in total. The Morgan fingerprint density at radius 2 is 2.20 bits per heavy atom. The first kappa shape index (κ1) is 20.3. The SMILES string of the molecule is Cc1cc(NC(=O)N2Cc3c(nn4c3C(=O)N(C)OC(CO)C4)CC2C)ccc1F. The summed E-state index contributed by atoms with van der Waals surface area (Å²) in [6, 6.07) is 3.92. The number of anilines is 1. The highest BCUT2D eigenvalue weighted by molar-refractivity contribution is 5.94. The third-order valence-corrected chi connectivity index (χ3v) is 5.53. The van der Waals surface area contributed by atoms with Gasteiger partial charge in [-0.15, -0.1) is 0 Å². The number of aliphatic hydroxyl groups is 1. The molecule has 10 heteroatoms. The highest BCUT2D eigenvalue weighted by atomic mass is 19.1. The molecule has 0 bridgehead atoms. The van der Waals surface area contributed by atoms with E-state index >= 15 is 0 Å². The first-order valence-corrected chi connectivity index (χ1v) is 9.76. The number of aromatic nitrogens is 2. The van der Waals surface area contributed by atoms with Gasteiger partial charge in [-0.1, -0.05) is 0 Å². The van der Waals surface area contributed by atoms with Crippen LogP contribution in [0.15, 0.2) is 18.2 Å². The average Bonchev–Trinajstić information content (AvgIpc) is 2.99. The van der Waals surface area contributed by atoms with Crippen LogP contribution in [-0.4, -0.2) is 62.6 Å². The Morgan fingerprint density at radius 1 is 1.43 bits per heavy atom. The third-order valence-electron chi connectivity index (χ3n) is 5.53. The van der Waals surface area contributed by atoms with Gasteiger partial charge in [0.1, 0.15) is 17.6 Å². The predicted molar refractivity (Wildman–Crippen MR) is 105 cm³/mol. The van der Waals surface area contributed by atoms with Crippen LogP contribution in [0.3, 0.4) is 0 Å². The molecule has 2 aromatic rings. The first-order chi connectivity index (χ1) is 14.3. The van der Waals surface area contributed by atoms with Gasteiger partial charge < -0.3 is 15.3 Å². The molecule has 160 valence electrons. The number of aryl methyl sites for hydroxylation is 1. The molecule has 0 spiro atoms. The van der Waals surface area contributed by atoms with E-state index in [2.05, 4.69) is 10.4 Å². The van der Waals surface area contributed by atoms with E-state index in [0.717, 1.165) is 10.8 Å². The highest BCUT2D eigenvalue weighted by Gasteiger charge is 2.37. The smallest absolute Gasteiger partial charge is 0.322 e. The Balaban J connectivity index is 1.61. The quantitative estimate of drug-likeness (QED) is 0.775. The van der Waals surface area contributed by atoms with Crippen molar-refractivity contribution in [2.24, 2.45) is 0 Å². The Kier molecular flexibility index (Phi) is 5.20. The maximum absolute atomic E-state index is 13.5. The molecule has 0 saturated carbocycles. The lowest BCUT2D eigenvalue weighted by Crippen LogP contribution is -2.45. The summed E-state index contributed by atoms with van der Waals surface area (Å²) < 4.78 is 15.1. The fraction of sp³-hybridized carbons (Fsp3) is 0.450. The Bertz CT molecular complexity index is 1010. The van der Waals surface area contributed by atoms with E-state index in [1.54, 1.807) is 22.6 Å². The maximum atomic E-state index is 13.5. The minimum absolute atomic E-state index is 0.143. The molecule has 1 aromatic heterocycles. The summed E-state index contributed by atoms with van der Waals surface area (Å²) in [6.07, 6.45) is -0.0903. The van der Waals surface area contributed by atoms with Crippen LogP contribution in [0.4, 0.5) is 14.9 Å². The van der Waals surface area contributed by atoms with Crippen molar-refractivity contribution in [3.05, 3.63) is 46.5 Å². The number of nitrogens with zero attached hydrogens (tertiary/aromatic N) is 4. The zero-order chi connectivity index (χ0) is 21.6.